The second kappa shape index (κ2) is 3.88. The van der Waals surface area contributed by atoms with Gasteiger partial charge in [0.05, 0.1) is 12.6 Å². The molecule has 0 unspecified atom stereocenters. The van der Waals surface area contributed by atoms with Crippen LogP contribution in [0, 0.1) is 0 Å². The quantitative estimate of drug-likeness (QED) is 0.828. The van der Waals surface area contributed by atoms with Crippen molar-refractivity contribution in [2.45, 2.75) is 0 Å². The third kappa shape index (κ3) is 1.50. The Labute approximate surface area is 100 Å². The van der Waals surface area contributed by atoms with Crippen molar-refractivity contribution in [3.63, 3.8) is 0 Å². The zero-order valence-electron chi connectivity index (χ0n) is 8.17. The van der Waals surface area contributed by atoms with E-state index in [0.29, 0.717) is 16.7 Å². The highest BCUT2D eigenvalue weighted by Gasteiger charge is 2.14. The van der Waals surface area contributed by atoms with Crippen LogP contribution < -0.4 is 10.3 Å². The number of benzene rings is 1. The van der Waals surface area contributed by atoms with Crippen molar-refractivity contribution in [3.8, 4) is 11.5 Å². The summed E-state index contributed by atoms with van der Waals surface area (Å²) in [4.78, 5) is 13.8. The fourth-order valence-corrected chi connectivity index (χ4v) is 1.87. The van der Waals surface area contributed by atoms with Gasteiger partial charge in [0.25, 0.3) is 5.56 Å². The molecular weight excluding hydrogens is 253 g/mol. The van der Waals surface area contributed by atoms with Gasteiger partial charge in [-0.15, -0.1) is 0 Å². The first kappa shape index (κ1) is 11.1. The molecule has 2 N–H and O–H groups in total. The molecule has 0 radical (unpaired) electrons. The van der Waals surface area contributed by atoms with E-state index in [9.17, 15) is 9.90 Å². The molecule has 84 valence electrons. The third-order valence-corrected chi connectivity index (χ3v) is 2.95. The van der Waals surface area contributed by atoms with Crippen LogP contribution >= 0.6 is 23.2 Å². The van der Waals surface area contributed by atoms with Crippen molar-refractivity contribution < 1.29 is 9.84 Å². The fraction of sp³-hybridized carbons (Fsp3) is 0.100. The maximum atomic E-state index is 11.4. The van der Waals surface area contributed by atoms with E-state index in [4.69, 9.17) is 27.9 Å². The molecule has 0 aliphatic heterocycles. The summed E-state index contributed by atoms with van der Waals surface area (Å²) in [6.45, 7) is 0. The molecule has 6 heteroatoms. The Balaban J connectivity index is 2.96. The number of rotatable bonds is 1. The molecule has 0 fully saturated rings. The smallest absolute Gasteiger partial charge is 0.271 e. The van der Waals surface area contributed by atoms with Crippen LogP contribution in [0.4, 0.5) is 0 Å². The molecule has 0 aliphatic rings. The molecule has 16 heavy (non-hydrogen) atoms. The lowest BCUT2D eigenvalue weighted by atomic mass is 10.2. The normalized spacial score (nSPS) is 10.7. The number of aromatic amines is 1. The van der Waals surface area contributed by atoms with Crippen LogP contribution in [0.15, 0.2) is 16.9 Å². The molecule has 1 heterocycles. The molecule has 0 atom stereocenters. The van der Waals surface area contributed by atoms with Gasteiger partial charge < -0.3 is 14.8 Å². The zero-order valence-corrected chi connectivity index (χ0v) is 9.69. The number of fused-ring (bicyclic) bond motifs is 1. The van der Waals surface area contributed by atoms with Crippen molar-refractivity contribution in [2.24, 2.45) is 0 Å². The van der Waals surface area contributed by atoms with Crippen molar-refractivity contribution in [2.75, 3.05) is 7.11 Å². The molecule has 1 aromatic carbocycles. The van der Waals surface area contributed by atoms with Crippen LogP contribution in [0.25, 0.3) is 10.9 Å². The summed E-state index contributed by atoms with van der Waals surface area (Å²) in [5.74, 6) is 0.122. The van der Waals surface area contributed by atoms with Crippen LogP contribution in [0.2, 0.25) is 10.0 Å². The standard InChI is InChI=1S/C10H7Cl2NO3/c1-16-5-3-2-4-8(6(5)11)13-10(15)7(12)9(4)14/h2-3H,1H3,(H2,13,14,15). The van der Waals surface area contributed by atoms with Crippen molar-refractivity contribution in [1.82, 2.24) is 4.98 Å². The fourth-order valence-electron chi connectivity index (χ4n) is 1.43. The van der Waals surface area contributed by atoms with Gasteiger partial charge in [-0.2, -0.15) is 0 Å². The van der Waals surface area contributed by atoms with Gasteiger partial charge in [-0.3, -0.25) is 4.79 Å². The molecule has 0 amide bonds. The van der Waals surface area contributed by atoms with Crippen LogP contribution in [0.3, 0.4) is 0 Å². The highest BCUT2D eigenvalue weighted by Crippen LogP contribution is 2.36. The number of hydrogen-bond acceptors (Lipinski definition) is 3. The average Bonchev–Trinajstić information content (AvgIpc) is 2.28. The minimum absolute atomic E-state index is 0.226. The first-order valence-electron chi connectivity index (χ1n) is 4.33. The monoisotopic (exact) mass is 259 g/mol. The summed E-state index contributed by atoms with van der Waals surface area (Å²) < 4.78 is 4.99. The maximum Gasteiger partial charge on any atom is 0.271 e. The molecule has 0 saturated carbocycles. The van der Waals surface area contributed by atoms with Gasteiger partial charge in [-0.05, 0) is 12.1 Å². The number of hydrogen-bond donors (Lipinski definition) is 2. The summed E-state index contributed by atoms with van der Waals surface area (Å²) in [5, 5.41) is 10.0. The molecule has 0 spiro atoms. The molecule has 1 aromatic heterocycles. The van der Waals surface area contributed by atoms with Gasteiger partial charge in [0.2, 0.25) is 0 Å². The van der Waals surface area contributed by atoms with Gasteiger partial charge in [-0.1, -0.05) is 23.2 Å². The second-order valence-electron chi connectivity index (χ2n) is 3.12. The first-order chi connectivity index (χ1) is 7.56. The van der Waals surface area contributed by atoms with Gasteiger partial charge in [0, 0.05) is 5.39 Å². The summed E-state index contributed by atoms with van der Waals surface area (Å²) in [5.41, 5.74) is -0.297. The van der Waals surface area contributed by atoms with E-state index in [2.05, 4.69) is 4.98 Å². The molecule has 0 saturated heterocycles. The molecular formula is C10H7Cl2NO3. The summed E-state index contributed by atoms with van der Waals surface area (Å²) in [6.07, 6.45) is 0. The maximum absolute atomic E-state index is 11.4. The highest BCUT2D eigenvalue weighted by atomic mass is 35.5. The van der Waals surface area contributed by atoms with E-state index in [-0.39, 0.29) is 15.8 Å². The summed E-state index contributed by atoms with van der Waals surface area (Å²) >= 11 is 11.6. The van der Waals surface area contributed by atoms with Crippen molar-refractivity contribution >= 4 is 34.1 Å². The number of ether oxygens (including phenoxy) is 1. The highest BCUT2D eigenvalue weighted by molar-refractivity contribution is 6.37. The Morgan fingerprint density at radius 2 is 2.00 bits per heavy atom. The first-order valence-corrected chi connectivity index (χ1v) is 5.08. The number of nitrogens with one attached hydrogen (secondary N) is 1. The van der Waals surface area contributed by atoms with Crippen molar-refractivity contribution in [3.05, 3.63) is 32.5 Å². The Bertz CT molecular complexity index is 621. The largest absolute Gasteiger partial charge is 0.505 e. The van der Waals surface area contributed by atoms with Crippen LogP contribution in [0.5, 0.6) is 11.5 Å². The van der Waals surface area contributed by atoms with Gasteiger partial charge in [-0.25, -0.2) is 0 Å². The molecule has 0 aliphatic carbocycles. The third-order valence-electron chi connectivity index (χ3n) is 2.23. The number of H-pyrrole nitrogens is 1. The van der Waals surface area contributed by atoms with Crippen molar-refractivity contribution in [1.29, 1.82) is 0 Å². The Morgan fingerprint density at radius 3 is 2.62 bits per heavy atom. The Morgan fingerprint density at radius 1 is 1.31 bits per heavy atom. The topological polar surface area (TPSA) is 62.3 Å². The van der Waals surface area contributed by atoms with E-state index in [0.717, 1.165) is 0 Å². The van der Waals surface area contributed by atoms with E-state index in [1.165, 1.54) is 7.11 Å². The van der Waals surface area contributed by atoms with E-state index < -0.39 is 5.56 Å². The van der Waals surface area contributed by atoms with E-state index in [1.54, 1.807) is 12.1 Å². The predicted molar refractivity (Wildman–Crippen MR) is 62.8 cm³/mol. The lowest BCUT2D eigenvalue weighted by Crippen LogP contribution is -2.06. The van der Waals surface area contributed by atoms with Crippen LogP contribution in [-0.4, -0.2) is 17.2 Å². The molecule has 4 nitrogen and oxygen atoms in total. The second-order valence-corrected chi connectivity index (χ2v) is 3.88. The molecule has 2 rings (SSSR count). The zero-order chi connectivity index (χ0) is 11.9. The van der Waals surface area contributed by atoms with E-state index >= 15 is 0 Å². The van der Waals surface area contributed by atoms with Crippen LogP contribution in [0.1, 0.15) is 0 Å². The Hall–Kier alpha value is -1.39. The minimum atomic E-state index is -0.596. The Kier molecular flexibility index (Phi) is 2.69. The SMILES string of the molecule is COc1ccc2c(O)c(Cl)c(=O)[nH]c2c1Cl. The number of pyridine rings is 1. The number of aromatic nitrogens is 1. The van der Waals surface area contributed by atoms with E-state index in [1.807, 2.05) is 0 Å². The minimum Gasteiger partial charge on any atom is -0.505 e. The number of halogens is 2. The lowest BCUT2D eigenvalue weighted by Gasteiger charge is -2.07. The molecule has 2 aromatic rings. The summed E-state index contributed by atoms with van der Waals surface area (Å²) in [7, 11) is 1.46. The molecule has 0 bridgehead atoms. The number of methoxy groups -OCH3 is 1. The summed E-state index contributed by atoms with van der Waals surface area (Å²) in [6, 6.07) is 3.15. The van der Waals surface area contributed by atoms with Gasteiger partial charge in [0.15, 0.2) is 0 Å². The van der Waals surface area contributed by atoms with Gasteiger partial charge in [0.1, 0.15) is 21.5 Å². The lowest BCUT2D eigenvalue weighted by molar-refractivity contribution is 0.415. The van der Waals surface area contributed by atoms with Crippen LogP contribution in [-0.2, 0) is 0 Å². The van der Waals surface area contributed by atoms with Gasteiger partial charge >= 0.3 is 0 Å². The predicted octanol–water partition coefficient (Wildman–Crippen LogP) is 2.55. The average molecular weight is 260 g/mol. The number of aromatic hydroxyl groups is 1.